The van der Waals surface area contributed by atoms with Gasteiger partial charge in [0.05, 0.1) is 49.3 Å². The van der Waals surface area contributed by atoms with Gasteiger partial charge in [0.1, 0.15) is 11.8 Å². The number of halogens is 6. The maximum atomic E-state index is 11.8. The predicted octanol–water partition coefficient (Wildman–Crippen LogP) is 8.46. The number of H-pyrrole nitrogens is 2. The van der Waals surface area contributed by atoms with Crippen molar-refractivity contribution in [2.45, 2.75) is 34.1 Å². The second-order valence-corrected chi connectivity index (χ2v) is 20.2. The smallest absolute Gasteiger partial charge is 0.870 e. The summed E-state index contributed by atoms with van der Waals surface area (Å²) in [5.41, 5.74) is 7.68. The van der Waals surface area contributed by atoms with E-state index >= 15 is 0 Å². The number of nitrogens with one attached hydrogen (secondary N) is 3. The zero-order chi connectivity index (χ0) is 59.9. The number of rotatable bonds is 12. The van der Waals surface area contributed by atoms with Gasteiger partial charge in [0, 0.05) is 77.5 Å². The van der Waals surface area contributed by atoms with Crippen molar-refractivity contribution in [2.24, 2.45) is 12.9 Å². The van der Waals surface area contributed by atoms with Gasteiger partial charge in [-0.05, 0) is 149 Å². The molecule has 0 saturated heterocycles. The quantitative estimate of drug-likeness (QED) is 0.0131. The Labute approximate surface area is 554 Å². The number of carbonyl (C=O) groups excluding carboxylic acids is 4. The molecule has 0 radical (unpaired) electrons. The van der Waals surface area contributed by atoms with Crippen LogP contribution in [0.2, 0.25) is 0 Å². The SMILES string of the molecule is CCO/C=C(/C(C)=O)C(=O)OCC.CCc1c[nH]n(-c2ccc(Br)cc2)c1=O.COc1ccnn1-c1ccc(Br)cc1.Cl.Cn1ccc(=O)n1-c1ccc(Br)cc1.NNc1ccc(Br)cc1.O=C=O.O=c1cc[nH]n1-c1ccc(Br)cc1.[Na+].[OH-]. The molecule has 0 amide bonds. The second kappa shape index (κ2) is 42.4. The van der Waals surface area contributed by atoms with Crippen molar-refractivity contribution >= 4 is 116 Å². The number of nitrogens with two attached hydrogens (primary N) is 1. The Morgan fingerprint density at radius 2 is 1.13 bits per heavy atom. The number of Topliss-reactive ketones (excluding diaryl/α,β-unsaturated/α-hetero) is 1. The zero-order valence-electron chi connectivity index (χ0n) is 46.4. The fourth-order valence-electron chi connectivity index (χ4n) is 6.33. The molecule has 0 fully saturated rings. The number of methoxy groups -OCH3 is 1. The number of aromatic nitrogens is 8. The Kier molecular flexibility index (Phi) is 39.2. The van der Waals surface area contributed by atoms with Crippen molar-refractivity contribution in [2.75, 3.05) is 25.7 Å². The molecule has 5 aromatic carbocycles. The van der Waals surface area contributed by atoms with E-state index in [4.69, 9.17) is 24.9 Å². The standard InChI is InChI=1S/C11H11BrN2O.2C10H9BrN2O.C9H7BrN2O.C9H14O4.C6H7BrN2.CO2.ClH.Na.H2O/c1-2-8-7-13-14(11(8)15)10-5-3-9(12)4-6-10;1-14-10-6-7-12-13(10)9-4-2-8(11)3-5-9;1-12-7-6-10(14)13(12)9-4-2-8(11)3-5-9;10-7-1-3-8(4-2-7)12-9(13)5-6-11-12;1-4-12-6-8(7(3)10)9(11)13-5-2;7-5-1-3-6(9-8)4-2-5;2-1-3;;;/h3-7,13H,2H2,1H3;2*2-7H,1H3;1-6,11H;6H,4-5H2,1-3H3;1-4,9H,8H2;;1H;;1H2/q;;;;;;;;+1;/p-1/b;;;;8-6-;;;;;. The summed E-state index contributed by atoms with van der Waals surface area (Å²) < 4.78 is 27.9. The van der Waals surface area contributed by atoms with E-state index in [9.17, 15) is 24.0 Å². The van der Waals surface area contributed by atoms with E-state index in [1.54, 1.807) is 70.5 Å². The Hall–Kier alpha value is -6.39. The van der Waals surface area contributed by atoms with Gasteiger partial charge in [-0.2, -0.15) is 14.7 Å². The molecule has 0 saturated carbocycles. The molecule has 84 heavy (non-hydrogen) atoms. The van der Waals surface area contributed by atoms with Gasteiger partial charge in [0.25, 0.3) is 16.7 Å². The molecule has 0 unspecified atom stereocenters. The molecule has 9 aromatic rings. The molecular formula is C56H59Br5ClN10NaO11. The van der Waals surface area contributed by atoms with Gasteiger partial charge in [0.15, 0.2) is 5.78 Å². The number of ether oxygens (including phenoxy) is 3. The Morgan fingerprint density at radius 1 is 0.667 bits per heavy atom. The zero-order valence-corrected chi connectivity index (χ0v) is 57.1. The molecule has 0 aliphatic heterocycles. The summed E-state index contributed by atoms with van der Waals surface area (Å²) in [5.74, 6) is 4.87. The fourth-order valence-corrected chi connectivity index (χ4v) is 7.65. The first-order valence-corrected chi connectivity index (χ1v) is 28.0. The maximum absolute atomic E-state index is 11.8. The van der Waals surface area contributed by atoms with Crippen LogP contribution in [0.1, 0.15) is 33.3 Å². The molecule has 9 rings (SSSR count). The van der Waals surface area contributed by atoms with Gasteiger partial charge >= 0.3 is 41.7 Å². The number of benzene rings is 5. The average molecular weight is 1510 g/mol. The molecule has 0 aliphatic carbocycles. The van der Waals surface area contributed by atoms with Crippen molar-refractivity contribution in [1.29, 1.82) is 0 Å². The Bertz CT molecular complexity index is 3580. The van der Waals surface area contributed by atoms with E-state index in [-0.39, 0.29) is 88.2 Å². The van der Waals surface area contributed by atoms with Crippen LogP contribution in [-0.2, 0) is 42.1 Å². The molecule has 21 nitrogen and oxygen atoms in total. The molecule has 4 heterocycles. The molecule has 4 aromatic heterocycles. The van der Waals surface area contributed by atoms with Crippen LogP contribution in [0.4, 0.5) is 5.69 Å². The van der Waals surface area contributed by atoms with Crippen molar-refractivity contribution in [3.63, 3.8) is 0 Å². The van der Waals surface area contributed by atoms with Crippen LogP contribution in [0.5, 0.6) is 5.88 Å². The first-order chi connectivity index (χ1) is 38.9. The summed E-state index contributed by atoms with van der Waals surface area (Å²) in [5, 5.41) is 9.94. The van der Waals surface area contributed by atoms with E-state index in [1.165, 1.54) is 17.7 Å². The number of hydrazine groups is 1. The number of esters is 1. The average Bonchev–Trinajstić information content (AvgIpc) is 4.46. The monoisotopic (exact) mass is 1500 g/mol. The third-order valence-corrected chi connectivity index (χ3v) is 12.9. The second-order valence-electron chi connectivity index (χ2n) is 15.7. The first kappa shape index (κ1) is 77.6. The molecule has 0 atom stereocenters. The Morgan fingerprint density at radius 3 is 1.51 bits per heavy atom. The topological polar surface area (TPSA) is 284 Å². The summed E-state index contributed by atoms with van der Waals surface area (Å²) in [6, 6.07) is 43.1. The van der Waals surface area contributed by atoms with Crippen LogP contribution in [0, 0.1) is 0 Å². The van der Waals surface area contributed by atoms with Crippen LogP contribution < -0.4 is 62.2 Å². The number of anilines is 1. The number of hydrogen-bond acceptors (Lipinski definition) is 14. The van der Waals surface area contributed by atoms with Crippen LogP contribution in [0.15, 0.2) is 213 Å². The fraction of sp³-hybridized carbons (Fsp3) is 0.161. The normalized spacial score (nSPS) is 9.64. The van der Waals surface area contributed by atoms with Crippen LogP contribution >= 0.6 is 92.1 Å². The van der Waals surface area contributed by atoms with Crippen molar-refractivity contribution in [1.82, 2.24) is 38.7 Å². The van der Waals surface area contributed by atoms with Gasteiger partial charge in [-0.15, -0.1) is 12.4 Å². The number of aromatic amines is 2. The molecule has 28 heteroatoms. The van der Waals surface area contributed by atoms with Gasteiger partial charge in [-0.3, -0.25) is 39.9 Å². The van der Waals surface area contributed by atoms with Crippen LogP contribution in [-0.4, -0.2) is 82.4 Å². The van der Waals surface area contributed by atoms with Gasteiger partial charge in [-0.1, -0.05) is 86.6 Å². The molecular weight excluding hydrogens is 1450 g/mol. The number of nitrogen functional groups attached to an aromatic ring is 1. The third kappa shape index (κ3) is 26.3. The number of carbonyl (C=O) groups is 2. The first-order valence-electron chi connectivity index (χ1n) is 24.0. The minimum atomic E-state index is -0.636. The molecule has 442 valence electrons. The largest absolute Gasteiger partial charge is 1.00 e. The minimum Gasteiger partial charge on any atom is -0.870 e. The molecule has 6 N–H and O–H groups in total. The van der Waals surface area contributed by atoms with Crippen LogP contribution in [0.3, 0.4) is 0 Å². The molecule has 0 spiro atoms. The van der Waals surface area contributed by atoms with Gasteiger partial charge in [-0.25, -0.2) is 23.5 Å². The predicted molar refractivity (Wildman–Crippen MR) is 337 cm³/mol. The summed E-state index contributed by atoms with van der Waals surface area (Å²) in [6.45, 7) is 7.36. The van der Waals surface area contributed by atoms with Gasteiger partial charge in [0.2, 0.25) is 5.88 Å². The van der Waals surface area contributed by atoms with Crippen LogP contribution in [0.25, 0.3) is 22.7 Å². The summed E-state index contributed by atoms with van der Waals surface area (Å²) in [6.07, 6.45) is 8.96. The maximum Gasteiger partial charge on any atom is 1.00 e. The molecule has 0 aliphatic rings. The number of hydrogen-bond donors (Lipinski definition) is 4. The van der Waals surface area contributed by atoms with E-state index in [0.29, 0.717) is 6.61 Å². The summed E-state index contributed by atoms with van der Waals surface area (Å²) in [4.78, 5) is 72.8. The van der Waals surface area contributed by atoms with E-state index in [0.717, 1.165) is 74.9 Å². The minimum absolute atomic E-state index is 0. The van der Waals surface area contributed by atoms with E-state index in [1.807, 2.05) is 141 Å². The third-order valence-electron chi connectivity index (χ3n) is 10.2. The van der Waals surface area contributed by atoms with Crippen molar-refractivity contribution in [3.8, 4) is 28.6 Å². The van der Waals surface area contributed by atoms with E-state index < -0.39 is 5.97 Å². The van der Waals surface area contributed by atoms with Gasteiger partial charge < -0.3 is 25.1 Å². The van der Waals surface area contributed by atoms with E-state index in [2.05, 4.69) is 105 Å². The van der Waals surface area contributed by atoms with Crippen molar-refractivity contribution < 1.29 is 68.4 Å². The summed E-state index contributed by atoms with van der Waals surface area (Å²) >= 11 is 16.7. The Balaban J connectivity index is 0.000000972. The summed E-state index contributed by atoms with van der Waals surface area (Å²) in [7, 11) is 3.47. The molecule has 0 bridgehead atoms. The van der Waals surface area contributed by atoms with Crippen molar-refractivity contribution in [3.05, 3.63) is 235 Å². The number of aryl methyl sites for hydroxylation is 2. The number of ketones is 1. The number of nitrogens with zero attached hydrogens (tertiary/aromatic N) is 6.